The molecule has 3 rings (SSSR count). The number of benzene rings is 1. The summed E-state index contributed by atoms with van der Waals surface area (Å²) in [6, 6.07) is 3.97. The molecule has 7 nitrogen and oxygen atoms in total. The van der Waals surface area contributed by atoms with Crippen LogP contribution in [0.2, 0.25) is 10.0 Å². The predicted octanol–water partition coefficient (Wildman–Crippen LogP) is 2.69. The van der Waals surface area contributed by atoms with Crippen molar-refractivity contribution < 1.29 is 14.4 Å². The minimum Gasteiger partial charge on any atom is -0.353 e. The summed E-state index contributed by atoms with van der Waals surface area (Å²) in [4.78, 5) is 42.0. The minimum absolute atomic E-state index is 0.0264. The monoisotopic (exact) mass is 468 g/mol. The largest absolute Gasteiger partial charge is 0.353 e. The molecule has 1 saturated heterocycles. The van der Waals surface area contributed by atoms with Gasteiger partial charge in [-0.1, -0.05) is 48.9 Å². The molecule has 2 aliphatic rings. The van der Waals surface area contributed by atoms with Gasteiger partial charge in [-0.3, -0.25) is 14.4 Å². The molecule has 170 valence electrons. The van der Waals surface area contributed by atoms with Gasteiger partial charge in [-0.25, -0.2) is 0 Å². The van der Waals surface area contributed by atoms with Crippen molar-refractivity contribution >= 4 is 40.9 Å². The molecule has 0 spiro atoms. The van der Waals surface area contributed by atoms with E-state index in [0.717, 1.165) is 6.42 Å². The Hall–Kier alpha value is -1.83. The van der Waals surface area contributed by atoms with Crippen molar-refractivity contribution in [2.45, 2.75) is 44.6 Å². The van der Waals surface area contributed by atoms with E-state index in [9.17, 15) is 14.4 Å². The van der Waals surface area contributed by atoms with E-state index in [-0.39, 0.29) is 24.3 Å². The fourth-order valence-corrected chi connectivity index (χ4v) is 4.68. The Morgan fingerprint density at radius 2 is 1.84 bits per heavy atom. The first-order valence-corrected chi connectivity index (χ1v) is 11.7. The number of piperazine rings is 1. The van der Waals surface area contributed by atoms with E-state index in [0.29, 0.717) is 54.1 Å². The average Bonchev–Trinajstić information content (AvgIpc) is 3.30. The molecule has 0 aromatic heterocycles. The van der Waals surface area contributed by atoms with E-state index in [2.05, 4.69) is 5.32 Å². The van der Waals surface area contributed by atoms with Crippen molar-refractivity contribution in [3.05, 3.63) is 33.8 Å². The van der Waals surface area contributed by atoms with Gasteiger partial charge in [0.05, 0.1) is 16.6 Å². The van der Waals surface area contributed by atoms with Gasteiger partial charge < -0.3 is 20.9 Å². The zero-order valence-corrected chi connectivity index (χ0v) is 19.1. The first-order chi connectivity index (χ1) is 14.9. The van der Waals surface area contributed by atoms with Crippen LogP contribution in [0, 0.1) is 5.92 Å². The van der Waals surface area contributed by atoms with E-state index in [1.807, 2.05) is 0 Å². The van der Waals surface area contributed by atoms with Crippen molar-refractivity contribution in [2.75, 3.05) is 32.7 Å². The van der Waals surface area contributed by atoms with Crippen LogP contribution < -0.4 is 11.1 Å². The number of amides is 3. The molecule has 0 radical (unpaired) electrons. The van der Waals surface area contributed by atoms with Gasteiger partial charge in [0, 0.05) is 38.2 Å². The van der Waals surface area contributed by atoms with Gasteiger partial charge in [-0.15, -0.1) is 0 Å². The summed E-state index contributed by atoms with van der Waals surface area (Å²) in [5.74, 6) is 0.0481. The van der Waals surface area contributed by atoms with Crippen molar-refractivity contribution in [3.8, 4) is 0 Å². The van der Waals surface area contributed by atoms with Gasteiger partial charge >= 0.3 is 0 Å². The molecule has 1 aliphatic heterocycles. The molecule has 1 aliphatic carbocycles. The van der Waals surface area contributed by atoms with Crippen LogP contribution in [-0.4, -0.2) is 66.3 Å². The van der Waals surface area contributed by atoms with Crippen LogP contribution in [0.5, 0.6) is 0 Å². The number of nitrogens with zero attached hydrogens (tertiary/aromatic N) is 2. The highest BCUT2D eigenvalue weighted by atomic mass is 35.5. The topological polar surface area (TPSA) is 95.7 Å². The lowest BCUT2D eigenvalue weighted by Gasteiger charge is -2.40. The molecule has 1 atom stereocenters. The van der Waals surface area contributed by atoms with Crippen LogP contribution in [0.3, 0.4) is 0 Å². The molecule has 3 N–H and O–H groups in total. The van der Waals surface area contributed by atoms with Crippen molar-refractivity contribution in [2.24, 2.45) is 11.7 Å². The number of rotatable bonds is 7. The Bertz CT molecular complexity index is 814. The summed E-state index contributed by atoms with van der Waals surface area (Å²) < 4.78 is 0. The Balaban J connectivity index is 1.69. The average molecular weight is 469 g/mol. The lowest BCUT2D eigenvalue weighted by molar-refractivity contribution is -0.143. The summed E-state index contributed by atoms with van der Waals surface area (Å²) in [6.45, 7) is 1.43. The highest BCUT2D eigenvalue weighted by Gasteiger charge is 2.37. The fourth-order valence-electron chi connectivity index (χ4n) is 4.39. The second-order valence-electron chi connectivity index (χ2n) is 8.25. The second kappa shape index (κ2) is 11.2. The van der Waals surface area contributed by atoms with Gasteiger partial charge in [0.15, 0.2) is 0 Å². The number of carbonyl (C=O) groups is 3. The zero-order valence-electron chi connectivity index (χ0n) is 17.6. The number of carbonyl (C=O) groups excluding carboxylic acids is 3. The molecule has 31 heavy (non-hydrogen) atoms. The smallest absolute Gasteiger partial charge is 0.254 e. The molecule has 1 aromatic carbocycles. The predicted molar refractivity (Wildman–Crippen MR) is 121 cm³/mol. The van der Waals surface area contributed by atoms with Crippen molar-refractivity contribution in [1.29, 1.82) is 0 Å². The van der Waals surface area contributed by atoms with Crippen LogP contribution in [0.1, 0.15) is 48.9 Å². The highest BCUT2D eigenvalue weighted by Crippen LogP contribution is 2.29. The molecule has 1 saturated carbocycles. The zero-order chi connectivity index (χ0) is 22.4. The summed E-state index contributed by atoms with van der Waals surface area (Å²) in [5.41, 5.74) is 5.91. The molecular weight excluding hydrogens is 439 g/mol. The van der Waals surface area contributed by atoms with E-state index < -0.39 is 6.04 Å². The standard InChI is InChI=1S/C22H30Cl2N4O3/c23-17-7-6-16(13-18(17)24)22(31)27-11-12-28(19(14-27)21(30)26-10-9-25)20(29)8-5-15-3-1-2-4-15/h6-7,13,15,19H,1-5,8-12,14,25H2,(H,26,30). The number of halogens is 2. The van der Waals surface area contributed by atoms with Crippen molar-refractivity contribution in [3.63, 3.8) is 0 Å². The highest BCUT2D eigenvalue weighted by molar-refractivity contribution is 6.42. The summed E-state index contributed by atoms with van der Waals surface area (Å²) in [5, 5.41) is 3.43. The maximum atomic E-state index is 13.0. The van der Waals surface area contributed by atoms with Gasteiger partial charge in [-0.2, -0.15) is 0 Å². The van der Waals surface area contributed by atoms with E-state index in [1.54, 1.807) is 21.9 Å². The molecule has 1 aromatic rings. The quantitative estimate of drug-likeness (QED) is 0.642. The first kappa shape index (κ1) is 23.8. The lowest BCUT2D eigenvalue weighted by Crippen LogP contribution is -2.61. The van der Waals surface area contributed by atoms with E-state index in [4.69, 9.17) is 28.9 Å². The normalized spacial score (nSPS) is 19.5. The van der Waals surface area contributed by atoms with Crippen LogP contribution >= 0.6 is 23.2 Å². The Kier molecular flexibility index (Phi) is 8.58. The summed E-state index contributed by atoms with van der Waals surface area (Å²) in [7, 11) is 0. The number of hydrogen-bond acceptors (Lipinski definition) is 4. The van der Waals surface area contributed by atoms with Crippen LogP contribution in [0.15, 0.2) is 18.2 Å². The molecule has 9 heteroatoms. The Morgan fingerprint density at radius 1 is 1.10 bits per heavy atom. The minimum atomic E-state index is -0.733. The third-order valence-electron chi connectivity index (χ3n) is 6.14. The Labute approximate surface area is 193 Å². The third-order valence-corrected chi connectivity index (χ3v) is 6.88. The number of nitrogens with one attached hydrogen (secondary N) is 1. The third kappa shape index (κ3) is 6.11. The van der Waals surface area contributed by atoms with Crippen molar-refractivity contribution in [1.82, 2.24) is 15.1 Å². The fraction of sp³-hybridized carbons (Fsp3) is 0.591. The van der Waals surface area contributed by atoms with Crippen LogP contribution in [0.4, 0.5) is 0 Å². The maximum absolute atomic E-state index is 13.0. The van der Waals surface area contributed by atoms with Gasteiger partial charge in [0.25, 0.3) is 5.91 Å². The Morgan fingerprint density at radius 3 is 2.52 bits per heavy atom. The van der Waals surface area contributed by atoms with E-state index in [1.165, 1.54) is 31.7 Å². The van der Waals surface area contributed by atoms with Gasteiger partial charge in [0.1, 0.15) is 6.04 Å². The molecule has 3 amide bonds. The summed E-state index contributed by atoms with van der Waals surface area (Å²) >= 11 is 12.0. The first-order valence-electron chi connectivity index (χ1n) is 10.9. The van der Waals surface area contributed by atoms with Crippen LogP contribution in [-0.2, 0) is 9.59 Å². The molecule has 0 bridgehead atoms. The number of nitrogens with two attached hydrogens (primary N) is 1. The lowest BCUT2D eigenvalue weighted by atomic mass is 10.0. The maximum Gasteiger partial charge on any atom is 0.254 e. The van der Waals surface area contributed by atoms with E-state index >= 15 is 0 Å². The van der Waals surface area contributed by atoms with Crippen LogP contribution in [0.25, 0.3) is 0 Å². The SMILES string of the molecule is NCCNC(=O)C1CN(C(=O)c2ccc(Cl)c(Cl)c2)CCN1C(=O)CCC1CCCC1. The second-order valence-corrected chi connectivity index (χ2v) is 9.07. The number of hydrogen-bond donors (Lipinski definition) is 2. The summed E-state index contributed by atoms with van der Waals surface area (Å²) in [6.07, 6.45) is 6.13. The van der Waals surface area contributed by atoms with Gasteiger partial charge in [-0.05, 0) is 30.5 Å². The molecule has 1 unspecified atom stereocenters. The molecule has 2 fully saturated rings. The molecular formula is C22H30Cl2N4O3. The molecule has 1 heterocycles. The van der Waals surface area contributed by atoms with Gasteiger partial charge in [0.2, 0.25) is 11.8 Å².